The molecule has 25 heavy (non-hydrogen) atoms. The van der Waals surface area contributed by atoms with Gasteiger partial charge in [0.15, 0.2) is 0 Å². The molecule has 4 rings (SSSR count). The van der Waals surface area contributed by atoms with Crippen LogP contribution in [0.3, 0.4) is 0 Å². The van der Waals surface area contributed by atoms with Gasteiger partial charge in [0.05, 0.1) is 16.3 Å². The summed E-state index contributed by atoms with van der Waals surface area (Å²) < 4.78 is 40.7. The molecule has 0 saturated heterocycles. The first-order valence-electron chi connectivity index (χ1n) is 7.61. The fourth-order valence-corrected chi connectivity index (χ4v) is 3.45. The Balaban J connectivity index is 1.86. The highest BCUT2D eigenvalue weighted by Crippen LogP contribution is 2.37. The fraction of sp³-hybridized carbons (Fsp3) is 0.235. The minimum Gasteiger partial charge on any atom is -0.281 e. The van der Waals surface area contributed by atoms with Crippen LogP contribution in [0.4, 0.5) is 13.2 Å². The third kappa shape index (κ3) is 2.68. The molecule has 1 aliphatic rings. The molecule has 0 bridgehead atoms. The Morgan fingerprint density at radius 2 is 1.84 bits per heavy atom. The minimum atomic E-state index is -4.44. The lowest BCUT2D eigenvalue weighted by molar-refractivity contribution is -0.137. The second-order valence-corrected chi connectivity index (χ2v) is 6.33. The molecule has 128 valence electrons. The van der Waals surface area contributed by atoms with Gasteiger partial charge in [-0.05, 0) is 42.7 Å². The molecule has 0 saturated carbocycles. The molecule has 0 spiro atoms. The molecule has 1 aromatic carbocycles. The molecule has 0 amide bonds. The summed E-state index contributed by atoms with van der Waals surface area (Å²) in [6, 6.07) is 4.61. The molecular weight excluding hydrogens is 353 g/mol. The van der Waals surface area contributed by atoms with E-state index < -0.39 is 11.7 Å². The van der Waals surface area contributed by atoms with Gasteiger partial charge < -0.3 is 0 Å². The van der Waals surface area contributed by atoms with E-state index in [4.69, 9.17) is 11.6 Å². The maximum atomic E-state index is 12.9. The monoisotopic (exact) mass is 364 g/mol. The summed E-state index contributed by atoms with van der Waals surface area (Å²) in [5, 5.41) is 8.66. The van der Waals surface area contributed by atoms with E-state index in [1.807, 2.05) is 17.6 Å². The number of aryl methyl sites for hydroxylation is 3. The molecule has 0 radical (unpaired) electrons. The van der Waals surface area contributed by atoms with Gasteiger partial charge in [0.25, 0.3) is 0 Å². The summed E-state index contributed by atoms with van der Waals surface area (Å²) in [7, 11) is 0. The van der Waals surface area contributed by atoms with Gasteiger partial charge in [0.1, 0.15) is 11.6 Å². The third-order valence-electron chi connectivity index (χ3n) is 4.27. The van der Waals surface area contributed by atoms with E-state index in [9.17, 15) is 13.2 Å². The van der Waals surface area contributed by atoms with Crippen molar-refractivity contribution >= 4 is 11.6 Å². The largest absolute Gasteiger partial charge is 0.417 e. The number of rotatable bonds is 1. The van der Waals surface area contributed by atoms with E-state index in [1.54, 1.807) is 6.07 Å². The Kier molecular flexibility index (Phi) is 3.57. The van der Waals surface area contributed by atoms with Crippen molar-refractivity contribution in [3.05, 3.63) is 58.4 Å². The van der Waals surface area contributed by atoms with Gasteiger partial charge in [0.2, 0.25) is 0 Å². The number of pyridine rings is 1. The van der Waals surface area contributed by atoms with Crippen molar-refractivity contribution in [2.24, 2.45) is 0 Å². The van der Waals surface area contributed by atoms with Crippen molar-refractivity contribution in [1.82, 2.24) is 19.7 Å². The van der Waals surface area contributed by atoms with Crippen molar-refractivity contribution in [2.45, 2.75) is 25.9 Å². The van der Waals surface area contributed by atoms with Crippen LogP contribution in [0, 0.1) is 6.92 Å². The summed E-state index contributed by atoms with van der Waals surface area (Å²) in [6.07, 6.45) is -0.806. The van der Waals surface area contributed by atoms with Crippen molar-refractivity contribution in [2.75, 3.05) is 0 Å². The predicted octanol–water partition coefficient (Wildman–Crippen LogP) is 4.41. The van der Waals surface area contributed by atoms with E-state index in [0.717, 1.165) is 35.2 Å². The Bertz CT molecular complexity index is 979. The number of nitrogens with zero attached hydrogens (tertiary/aromatic N) is 4. The zero-order valence-corrected chi connectivity index (χ0v) is 13.9. The first-order chi connectivity index (χ1) is 11.8. The van der Waals surface area contributed by atoms with Crippen LogP contribution in [0.5, 0.6) is 0 Å². The molecule has 3 heterocycles. The zero-order valence-electron chi connectivity index (χ0n) is 13.1. The van der Waals surface area contributed by atoms with Gasteiger partial charge in [-0.25, -0.2) is 0 Å². The van der Waals surface area contributed by atoms with Gasteiger partial charge in [-0.15, -0.1) is 10.2 Å². The van der Waals surface area contributed by atoms with Crippen molar-refractivity contribution in [1.29, 1.82) is 0 Å². The van der Waals surface area contributed by atoms with Crippen LogP contribution in [0.25, 0.3) is 16.8 Å². The molecule has 1 aliphatic heterocycles. The molecule has 0 unspecified atom stereocenters. The highest BCUT2D eigenvalue weighted by Gasteiger charge is 2.31. The number of alkyl halides is 3. The molecule has 2 aromatic heterocycles. The molecule has 0 N–H and O–H groups in total. The summed E-state index contributed by atoms with van der Waals surface area (Å²) in [5.74, 6) is 1.56. The first-order valence-corrected chi connectivity index (χ1v) is 7.98. The zero-order chi connectivity index (χ0) is 17.8. The van der Waals surface area contributed by atoms with Crippen LogP contribution in [0.15, 0.2) is 30.6 Å². The summed E-state index contributed by atoms with van der Waals surface area (Å²) in [6.45, 7) is 1.84. The second-order valence-electron chi connectivity index (χ2n) is 5.92. The molecule has 0 aliphatic carbocycles. The summed E-state index contributed by atoms with van der Waals surface area (Å²) in [5.41, 5.74) is 1.96. The quantitative estimate of drug-likeness (QED) is 0.642. The maximum absolute atomic E-state index is 12.9. The highest BCUT2D eigenvalue weighted by molar-refractivity contribution is 6.33. The lowest BCUT2D eigenvalue weighted by atomic mass is 9.97. The summed E-state index contributed by atoms with van der Waals surface area (Å²) in [4.78, 5) is 3.72. The number of hydrogen-bond donors (Lipinski definition) is 0. The topological polar surface area (TPSA) is 43.6 Å². The minimum absolute atomic E-state index is 0.380. The maximum Gasteiger partial charge on any atom is 0.417 e. The number of benzene rings is 1. The Hall–Kier alpha value is -2.41. The normalized spacial score (nSPS) is 13.5. The van der Waals surface area contributed by atoms with Crippen LogP contribution in [0.1, 0.15) is 22.8 Å². The smallest absolute Gasteiger partial charge is 0.281 e. The molecule has 3 aromatic rings. The standard InChI is InChI=1S/C17H12ClF3N4/c1-9-23-24-15-3-2-10-4-11(6-14(18)16(10)25(9)15)12-5-13(8-22-7-12)17(19,20)21/h4-8H,2-3H2,1H3. The lowest BCUT2D eigenvalue weighted by Gasteiger charge is -2.21. The van der Waals surface area contributed by atoms with E-state index in [0.29, 0.717) is 29.0 Å². The highest BCUT2D eigenvalue weighted by atomic mass is 35.5. The SMILES string of the molecule is Cc1nnc2n1-c1c(Cl)cc(-c3cncc(C(F)(F)F)c3)cc1CC2. The van der Waals surface area contributed by atoms with Gasteiger partial charge in [-0.2, -0.15) is 13.2 Å². The van der Waals surface area contributed by atoms with Crippen molar-refractivity contribution in [3.63, 3.8) is 0 Å². The molecule has 0 fully saturated rings. The van der Waals surface area contributed by atoms with Crippen LogP contribution in [0.2, 0.25) is 5.02 Å². The molecule has 0 atom stereocenters. The summed E-state index contributed by atoms with van der Waals surface area (Å²) >= 11 is 6.46. The van der Waals surface area contributed by atoms with E-state index in [1.165, 1.54) is 6.20 Å². The molecule has 4 nitrogen and oxygen atoms in total. The fourth-order valence-electron chi connectivity index (χ4n) is 3.12. The second kappa shape index (κ2) is 5.56. The van der Waals surface area contributed by atoms with E-state index >= 15 is 0 Å². The van der Waals surface area contributed by atoms with Gasteiger partial charge in [0, 0.05) is 24.4 Å². The number of halogens is 4. The van der Waals surface area contributed by atoms with E-state index in [-0.39, 0.29) is 0 Å². The average Bonchev–Trinajstić information content (AvgIpc) is 2.95. The first kappa shape index (κ1) is 16.1. The average molecular weight is 365 g/mol. The van der Waals surface area contributed by atoms with Crippen LogP contribution < -0.4 is 0 Å². The Morgan fingerprint density at radius 1 is 1.04 bits per heavy atom. The van der Waals surface area contributed by atoms with Crippen molar-refractivity contribution < 1.29 is 13.2 Å². The Morgan fingerprint density at radius 3 is 2.60 bits per heavy atom. The van der Waals surface area contributed by atoms with Gasteiger partial charge >= 0.3 is 6.18 Å². The molecule has 8 heteroatoms. The number of aromatic nitrogens is 4. The van der Waals surface area contributed by atoms with Crippen molar-refractivity contribution in [3.8, 4) is 16.8 Å². The van der Waals surface area contributed by atoms with Crippen LogP contribution in [-0.4, -0.2) is 19.7 Å². The predicted molar refractivity (Wildman–Crippen MR) is 86.7 cm³/mol. The number of hydrogen-bond acceptors (Lipinski definition) is 3. The van der Waals surface area contributed by atoms with Crippen LogP contribution >= 0.6 is 11.6 Å². The third-order valence-corrected chi connectivity index (χ3v) is 4.56. The van der Waals surface area contributed by atoms with Gasteiger partial charge in [-0.1, -0.05) is 11.6 Å². The Labute approximate surface area is 146 Å². The van der Waals surface area contributed by atoms with Crippen LogP contribution in [-0.2, 0) is 19.0 Å². The lowest BCUT2D eigenvalue weighted by Crippen LogP contribution is -2.14. The van der Waals surface area contributed by atoms with Gasteiger partial charge in [-0.3, -0.25) is 9.55 Å². The van der Waals surface area contributed by atoms with E-state index in [2.05, 4.69) is 15.2 Å². The molecular formula is C17H12ClF3N4. The number of fused-ring (bicyclic) bond motifs is 3.